The second kappa shape index (κ2) is 5.00. The van der Waals surface area contributed by atoms with Crippen LogP contribution in [0.4, 0.5) is 0 Å². The molecule has 0 spiro atoms. The van der Waals surface area contributed by atoms with E-state index in [0.29, 0.717) is 0 Å². The van der Waals surface area contributed by atoms with Crippen molar-refractivity contribution in [3.8, 4) is 5.75 Å². The molecule has 116 valence electrons. The first-order valence-electron chi connectivity index (χ1n) is 7.69. The summed E-state index contributed by atoms with van der Waals surface area (Å²) in [6, 6.07) is 10.3. The second-order valence-corrected chi connectivity index (χ2v) is 6.93. The summed E-state index contributed by atoms with van der Waals surface area (Å²) >= 11 is 0. The van der Waals surface area contributed by atoms with Crippen molar-refractivity contribution in [1.29, 1.82) is 0 Å². The Morgan fingerprint density at radius 2 is 1.59 bits per heavy atom. The van der Waals surface area contributed by atoms with Crippen molar-refractivity contribution in [3.05, 3.63) is 35.9 Å². The van der Waals surface area contributed by atoms with Crippen molar-refractivity contribution in [2.24, 2.45) is 0 Å². The molecule has 22 heavy (non-hydrogen) atoms. The molecule has 0 amide bonds. The fraction of sp³-hybridized carbons (Fsp3) is 0.444. The third-order valence-electron chi connectivity index (χ3n) is 5.02. The smallest absolute Gasteiger partial charge is 0.495 e. The second-order valence-electron chi connectivity index (χ2n) is 6.93. The van der Waals surface area contributed by atoms with Crippen LogP contribution in [0.5, 0.6) is 5.75 Å². The van der Waals surface area contributed by atoms with Gasteiger partial charge in [-0.2, -0.15) is 0 Å². The van der Waals surface area contributed by atoms with Gasteiger partial charge < -0.3 is 14.0 Å². The third kappa shape index (κ3) is 2.22. The zero-order chi connectivity index (χ0) is 16.1. The minimum atomic E-state index is -0.384. The Kier molecular flexibility index (Phi) is 3.50. The SMILES string of the molecule is COc1cc2ccccc2c(B2OC(C)(C)C(C)(C)O2)c1C. The van der Waals surface area contributed by atoms with E-state index in [2.05, 4.69) is 52.8 Å². The van der Waals surface area contributed by atoms with Crippen molar-refractivity contribution < 1.29 is 14.0 Å². The van der Waals surface area contributed by atoms with E-state index in [1.807, 2.05) is 12.1 Å². The van der Waals surface area contributed by atoms with Crippen LogP contribution in [-0.2, 0) is 9.31 Å². The molecule has 0 bridgehead atoms. The van der Waals surface area contributed by atoms with Gasteiger partial charge in [0.05, 0.1) is 18.3 Å². The molecule has 0 atom stereocenters. The van der Waals surface area contributed by atoms with Gasteiger partial charge in [-0.25, -0.2) is 0 Å². The highest BCUT2D eigenvalue weighted by Gasteiger charge is 2.52. The van der Waals surface area contributed by atoms with Crippen LogP contribution in [0, 0.1) is 6.92 Å². The van der Waals surface area contributed by atoms with Crippen LogP contribution in [0.1, 0.15) is 33.3 Å². The molecule has 1 fully saturated rings. The van der Waals surface area contributed by atoms with E-state index in [-0.39, 0.29) is 18.3 Å². The Morgan fingerprint density at radius 3 is 2.18 bits per heavy atom. The van der Waals surface area contributed by atoms with E-state index in [0.717, 1.165) is 27.5 Å². The molecule has 2 aromatic carbocycles. The van der Waals surface area contributed by atoms with Gasteiger partial charge in [-0.1, -0.05) is 24.3 Å². The zero-order valence-electron chi connectivity index (χ0n) is 14.2. The van der Waals surface area contributed by atoms with Gasteiger partial charge in [0.2, 0.25) is 0 Å². The molecule has 0 saturated carbocycles. The predicted octanol–water partition coefficient (Wildman–Crippen LogP) is 3.46. The van der Waals surface area contributed by atoms with Gasteiger partial charge in [0.1, 0.15) is 5.75 Å². The molecule has 4 heteroatoms. The van der Waals surface area contributed by atoms with E-state index in [1.54, 1.807) is 7.11 Å². The van der Waals surface area contributed by atoms with Crippen LogP contribution in [-0.4, -0.2) is 25.4 Å². The Labute approximate surface area is 132 Å². The summed E-state index contributed by atoms with van der Waals surface area (Å²) in [7, 11) is 1.32. The van der Waals surface area contributed by atoms with Crippen molar-refractivity contribution >= 4 is 23.4 Å². The highest BCUT2D eigenvalue weighted by molar-refractivity contribution is 6.65. The van der Waals surface area contributed by atoms with Crippen molar-refractivity contribution in [1.82, 2.24) is 0 Å². The molecular formula is C18H23BO3. The lowest BCUT2D eigenvalue weighted by atomic mass is 9.73. The first kappa shape index (κ1) is 15.4. The van der Waals surface area contributed by atoms with Crippen LogP contribution >= 0.6 is 0 Å². The maximum absolute atomic E-state index is 6.26. The van der Waals surface area contributed by atoms with E-state index < -0.39 is 0 Å². The van der Waals surface area contributed by atoms with Crippen LogP contribution < -0.4 is 10.2 Å². The van der Waals surface area contributed by atoms with Gasteiger partial charge in [-0.05, 0) is 62.5 Å². The normalized spacial score (nSPS) is 19.6. The average Bonchev–Trinajstić information content (AvgIpc) is 2.66. The summed E-state index contributed by atoms with van der Waals surface area (Å²) < 4.78 is 18.1. The number of hydrogen-bond donors (Lipinski definition) is 0. The topological polar surface area (TPSA) is 27.7 Å². The first-order valence-corrected chi connectivity index (χ1v) is 7.69. The zero-order valence-corrected chi connectivity index (χ0v) is 14.2. The van der Waals surface area contributed by atoms with Crippen molar-refractivity contribution in [3.63, 3.8) is 0 Å². The monoisotopic (exact) mass is 298 g/mol. The summed E-state index contributed by atoms with van der Waals surface area (Å²) in [4.78, 5) is 0. The third-order valence-corrected chi connectivity index (χ3v) is 5.02. The molecule has 2 aromatic rings. The van der Waals surface area contributed by atoms with Gasteiger partial charge in [0.15, 0.2) is 0 Å². The maximum Gasteiger partial charge on any atom is 0.495 e. The van der Waals surface area contributed by atoms with Crippen LogP contribution in [0.3, 0.4) is 0 Å². The molecule has 1 saturated heterocycles. The van der Waals surface area contributed by atoms with Gasteiger partial charge in [-0.15, -0.1) is 0 Å². The quantitative estimate of drug-likeness (QED) is 0.795. The standard InChI is InChI=1S/C18H23BO3/c1-12-15(20-6)11-13-9-7-8-10-14(13)16(12)19-21-17(2,3)18(4,5)22-19/h7-11H,1-6H3. The van der Waals surface area contributed by atoms with Crippen LogP contribution in [0.25, 0.3) is 10.8 Å². The van der Waals surface area contributed by atoms with E-state index in [1.165, 1.54) is 0 Å². The lowest BCUT2D eigenvalue weighted by Gasteiger charge is -2.32. The lowest BCUT2D eigenvalue weighted by Crippen LogP contribution is -2.41. The molecule has 1 heterocycles. The van der Waals surface area contributed by atoms with E-state index in [4.69, 9.17) is 14.0 Å². The van der Waals surface area contributed by atoms with E-state index >= 15 is 0 Å². The number of benzene rings is 2. The summed E-state index contributed by atoms with van der Waals surface area (Å²) in [5.74, 6) is 0.864. The summed E-state index contributed by atoms with van der Waals surface area (Å²) in [5.41, 5.74) is 1.43. The Morgan fingerprint density at radius 1 is 1.00 bits per heavy atom. The highest BCUT2D eigenvalue weighted by atomic mass is 16.7. The molecule has 0 N–H and O–H groups in total. The Hall–Kier alpha value is -1.52. The molecule has 1 aliphatic heterocycles. The number of methoxy groups -OCH3 is 1. The molecule has 0 unspecified atom stereocenters. The largest absolute Gasteiger partial charge is 0.496 e. The molecule has 1 aliphatic rings. The van der Waals surface area contributed by atoms with Crippen LogP contribution in [0.2, 0.25) is 0 Å². The molecule has 0 aliphatic carbocycles. The Balaban J connectivity index is 2.21. The summed E-state index contributed by atoms with van der Waals surface area (Å²) in [6.07, 6.45) is 0. The summed E-state index contributed by atoms with van der Waals surface area (Å²) in [6.45, 7) is 10.4. The fourth-order valence-electron chi connectivity index (χ4n) is 2.93. The summed E-state index contributed by atoms with van der Waals surface area (Å²) in [5, 5.41) is 2.29. The molecule has 3 rings (SSSR count). The number of ether oxygens (including phenoxy) is 1. The fourth-order valence-corrected chi connectivity index (χ4v) is 2.93. The van der Waals surface area contributed by atoms with Gasteiger partial charge in [0.25, 0.3) is 0 Å². The average molecular weight is 298 g/mol. The van der Waals surface area contributed by atoms with Crippen LogP contribution in [0.15, 0.2) is 30.3 Å². The molecule has 3 nitrogen and oxygen atoms in total. The Bertz CT molecular complexity index is 706. The van der Waals surface area contributed by atoms with Gasteiger partial charge >= 0.3 is 7.12 Å². The molecule has 0 radical (unpaired) electrons. The highest BCUT2D eigenvalue weighted by Crippen LogP contribution is 2.38. The molecular weight excluding hydrogens is 275 g/mol. The molecule has 0 aromatic heterocycles. The predicted molar refractivity (Wildman–Crippen MR) is 91.0 cm³/mol. The van der Waals surface area contributed by atoms with Crippen molar-refractivity contribution in [2.45, 2.75) is 45.8 Å². The van der Waals surface area contributed by atoms with E-state index in [9.17, 15) is 0 Å². The van der Waals surface area contributed by atoms with Gasteiger partial charge in [0, 0.05) is 0 Å². The minimum absolute atomic E-state index is 0.353. The lowest BCUT2D eigenvalue weighted by molar-refractivity contribution is 0.00578. The van der Waals surface area contributed by atoms with Crippen molar-refractivity contribution in [2.75, 3.05) is 7.11 Å². The number of rotatable bonds is 2. The number of hydrogen-bond acceptors (Lipinski definition) is 3. The maximum atomic E-state index is 6.26. The number of fused-ring (bicyclic) bond motifs is 1. The minimum Gasteiger partial charge on any atom is -0.496 e. The first-order chi connectivity index (χ1) is 10.3. The van der Waals surface area contributed by atoms with Gasteiger partial charge in [-0.3, -0.25) is 0 Å².